The molecule has 4 amide bonds. The van der Waals surface area contributed by atoms with Crippen LogP contribution in [0.2, 0.25) is 10.0 Å². The van der Waals surface area contributed by atoms with Gasteiger partial charge in [-0.2, -0.15) is 0 Å². The predicted octanol–water partition coefficient (Wildman–Crippen LogP) is 3.19. The van der Waals surface area contributed by atoms with Crippen molar-refractivity contribution < 1.29 is 14.4 Å². The maximum Gasteiger partial charge on any atom is 0.325 e. The second kappa shape index (κ2) is 6.61. The second-order valence-corrected chi connectivity index (χ2v) is 6.94. The van der Waals surface area contributed by atoms with E-state index in [1.54, 1.807) is 12.1 Å². The number of hydrogen-bond donors (Lipinski definition) is 2. The molecule has 0 radical (unpaired) electrons. The van der Waals surface area contributed by atoms with Crippen molar-refractivity contribution in [2.45, 2.75) is 37.6 Å². The summed E-state index contributed by atoms with van der Waals surface area (Å²) in [6.07, 6.45) is 3.19. The van der Waals surface area contributed by atoms with E-state index in [9.17, 15) is 14.4 Å². The minimum atomic E-state index is -0.743. The van der Waals surface area contributed by atoms with Crippen molar-refractivity contribution in [2.75, 3.05) is 11.9 Å². The molecule has 1 aliphatic heterocycles. The van der Waals surface area contributed by atoms with Crippen LogP contribution in [0.3, 0.4) is 0 Å². The largest absolute Gasteiger partial charge is 0.325 e. The zero-order valence-electron chi connectivity index (χ0n) is 12.9. The van der Waals surface area contributed by atoms with Crippen LogP contribution in [0.25, 0.3) is 0 Å². The highest BCUT2D eigenvalue weighted by Crippen LogP contribution is 2.35. The van der Waals surface area contributed by atoms with E-state index in [2.05, 4.69) is 10.6 Å². The van der Waals surface area contributed by atoms with Crippen molar-refractivity contribution >= 4 is 46.7 Å². The summed E-state index contributed by atoms with van der Waals surface area (Å²) in [5.41, 5.74) is -0.303. The van der Waals surface area contributed by atoms with Crippen LogP contribution in [-0.4, -0.2) is 34.8 Å². The molecule has 128 valence electrons. The molecule has 1 saturated heterocycles. The highest BCUT2D eigenvalue weighted by molar-refractivity contribution is 6.36. The Balaban J connectivity index is 1.58. The van der Waals surface area contributed by atoms with E-state index in [1.165, 1.54) is 6.07 Å². The molecular formula is C16H17Cl2N3O3. The Morgan fingerprint density at radius 1 is 1.25 bits per heavy atom. The Kier molecular flexibility index (Phi) is 4.69. The molecule has 24 heavy (non-hydrogen) atoms. The number of carbonyl (C=O) groups is 3. The molecule has 2 fully saturated rings. The van der Waals surface area contributed by atoms with E-state index in [-0.39, 0.29) is 24.8 Å². The lowest BCUT2D eigenvalue weighted by Gasteiger charge is -2.19. The van der Waals surface area contributed by atoms with E-state index in [0.29, 0.717) is 28.6 Å². The summed E-state index contributed by atoms with van der Waals surface area (Å²) >= 11 is 11.8. The zero-order valence-corrected chi connectivity index (χ0v) is 14.4. The number of rotatable bonds is 4. The van der Waals surface area contributed by atoms with Crippen molar-refractivity contribution in [3.8, 4) is 0 Å². The van der Waals surface area contributed by atoms with Crippen molar-refractivity contribution in [1.82, 2.24) is 10.2 Å². The van der Waals surface area contributed by atoms with Gasteiger partial charge in [-0.05, 0) is 31.0 Å². The van der Waals surface area contributed by atoms with Gasteiger partial charge in [-0.3, -0.25) is 14.5 Å². The lowest BCUT2D eigenvalue weighted by Crippen LogP contribution is -2.44. The summed E-state index contributed by atoms with van der Waals surface area (Å²) in [6.45, 7) is 0.0451. The summed E-state index contributed by atoms with van der Waals surface area (Å²) < 4.78 is 0. The Labute approximate surface area is 149 Å². The molecular weight excluding hydrogens is 353 g/mol. The van der Waals surface area contributed by atoms with E-state index < -0.39 is 11.6 Å². The second-order valence-electron chi connectivity index (χ2n) is 6.10. The Hall–Kier alpha value is -1.79. The van der Waals surface area contributed by atoms with Gasteiger partial charge in [0.2, 0.25) is 5.91 Å². The smallest absolute Gasteiger partial charge is 0.325 e. The third-order valence-corrected chi connectivity index (χ3v) is 5.02. The monoisotopic (exact) mass is 369 g/mol. The molecule has 0 bridgehead atoms. The molecule has 1 heterocycles. The zero-order chi connectivity index (χ0) is 17.3. The number of amides is 4. The summed E-state index contributed by atoms with van der Waals surface area (Å²) in [7, 11) is 0. The van der Waals surface area contributed by atoms with Gasteiger partial charge < -0.3 is 10.6 Å². The average Bonchev–Trinajstić information content (AvgIpc) is 3.07. The quantitative estimate of drug-likeness (QED) is 0.799. The first-order valence-electron chi connectivity index (χ1n) is 7.80. The fourth-order valence-electron chi connectivity index (χ4n) is 3.21. The van der Waals surface area contributed by atoms with Crippen LogP contribution < -0.4 is 10.6 Å². The molecule has 8 heteroatoms. The standard InChI is InChI=1S/C16H17Cl2N3O3/c17-10-3-4-12(11(18)9-10)19-13(22)5-8-21-14(23)16(20-15(21)24)6-1-2-7-16/h3-4,9H,1-2,5-8H2,(H,19,22)(H,20,24). The van der Waals surface area contributed by atoms with Gasteiger partial charge in [-0.15, -0.1) is 0 Å². The van der Waals surface area contributed by atoms with Crippen LogP contribution in [0.4, 0.5) is 10.5 Å². The van der Waals surface area contributed by atoms with Crippen molar-refractivity contribution in [3.63, 3.8) is 0 Å². The predicted molar refractivity (Wildman–Crippen MR) is 91.2 cm³/mol. The van der Waals surface area contributed by atoms with Crippen LogP contribution in [-0.2, 0) is 9.59 Å². The average molecular weight is 370 g/mol. The van der Waals surface area contributed by atoms with Crippen LogP contribution in [0, 0.1) is 0 Å². The number of halogens is 2. The minimum Gasteiger partial charge on any atom is -0.325 e. The fraction of sp³-hybridized carbons (Fsp3) is 0.438. The Morgan fingerprint density at radius 2 is 1.96 bits per heavy atom. The molecule has 1 aromatic carbocycles. The Morgan fingerprint density at radius 3 is 2.62 bits per heavy atom. The van der Waals surface area contributed by atoms with E-state index in [4.69, 9.17) is 23.2 Å². The lowest BCUT2D eigenvalue weighted by molar-refractivity contribution is -0.131. The minimum absolute atomic E-state index is 0.00813. The number of carbonyl (C=O) groups excluding carboxylic acids is 3. The maximum absolute atomic E-state index is 12.5. The van der Waals surface area contributed by atoms with Gasteiger partial charge in [0.1, 0.15) is 5.54 Å². The lowest BCUT2D eigenvalue weighted by atomic mass is 9.98. The first kappa shape index (κ1) is 17.0. The number of anilines is 1. The van der Waals surface area contributed by atoms with Crippen molar-refractivity contribution in [1.29, 1.82) is 0 Å². The normalized spacial score (nSPS) is 19.0. The topological polar surface area (TPSA) is 78.5 Å². The first-order valence-corrected chi connectivity index (χ1v) is 8.56. The van der Waals surface area contributed by atoms with Crippen LogP contribution >= 0.6 is 23.2 Å². The summed E-state index contributed by atoms with van der Waals surface area (Å²) in [5.74, 6) is -0.547. The molecule has 2 N–H and O–H groups in total. The van der Waals surface area contributed by atoms with Gasteiger partial charge in [0.25, 0.3) is 5.91 Å². The SMILES string of the molecule is O=C(CCN1C(=O)NC2(CCCC2)C1=O)Nc1ccc(Cl)cc1Cl. The number of urea groups is 1. The third kappa shape index (κ3) is 3.21. The maximum atomic E-state index is 12.5. The molecule has 1 aromatic rings. The number of imide groups is 1. The van der Waals surface area contributed by atoms with Crippen LogP contribution in [0.15, 0.2) is 18.2 Å². The van der Waals surface area contributed by atoms with Gasteiger partial charge >= 0.3 is 6.03 Å². The fourth-order valence-corrected chi connectivity index (χ4v) is 3.67. The summed E-state index contributed by atoms with van der Waals surface area (Å²) in [6, 6.07) is 4.33. The number of hydrogen-bond acceptors (Lipinski definition) is 3. The molecule has 0 atom stereocenters. The first-order chi connectivity index (χ1) is 11.4. The van der Waals surface area contributed by atoms with Crippen LogP contribution in [0.5, 0.6) is 0 Å². The van der Waals surface area contributed by atoms with E-state index in [0.717, 1.165) is 17.7 Å². The Bertz CT molecular complexity index is 702. The van der Waals surface area contributed by atoms with E-state index in [1.807, 2.05) is 0 Å². The molecule has 3 rings (SSSR count). The number of nitrogens with one attached hydrogen (secondary N) is 2. The van der Waals surface area contributed by atoms with Gasteiger partial charge in [-0.25, -0.2) is 4.79 Å². The molecule has 1 aliphatic carbocycles. The van der Waals surface area contributed by atoms with Gasteiger partial charge in [-0.1, -0.05) is 36.0 Å². The van der Waals surface area contributed by atoms with Crippen molar-refractivity contribution in [3.05, 3.63) is 28.2 Å². The highest BCUT2D eigenvalue weighted by atomic mass is 35.5. The summed E-state index contributed by atoms with van der Waals surface area (Å²) in [5, 5.41) is 6.24. The molecule has 0 aromatic heterocycles. The molecule has 0 unspecified atom stereocenters. The van der Waals surface area contributed by atoms with Crippen molar-refractivity contribution in [2.24, 2.45) is 0 Å². The highest BCUT2D eigenvalue weighted by Gasteiger charge is 2.52. The molecule has 1 saturated carbocycles. The van der Waals surface area contributed by atoms with Gasteiger partial charge in [0.05, 0.1) is 10.7 Å². The number of benzene rings is 1. The van der Waals surface area contributed by atoms with E-state index >= 15 is 0 Å². The molecule has 6 nitrogen and oxygen atoms in total. The van der Waals surface area contributed by atoms with Gasteiger partial charge in [0, 0.05) is 18.0 Å². The van der Waals surface area contributed by atoms with Gasteiger partial charge in [0.15, 0.2) is 0 Å². The molecule has 2 aliphatic rings. The van der Waals surface area contributed by atoms with Crippen LogP contribution in [0.1, 0.15) is 32.1 Å². The third-order valence-electron chi connectivity index (χ3n) is 4.47. The summed E-state index contributed by atoms with van der Waals surface area (Å²) in [4.78, 5) is 37.7. The number of nitrogens with zero attached hydrogens (tertiary/aromatic N) is 1. The molecule has 1 spiro atoms.